The Labute approximate surface area is 163 Å². The SMILES string of the molecule is Cl.O=C(c1ccn(C2CCCNC2)n1)N1CCCN(c2nccs2)CC1. The molecule has 2 aromatic rings. The van der Waals surface area contributed by atoms with Crippen LogP contribution in [0.1, 0.15) is 35.8 Å². The molecule has 1 atom stereocenters. The lowest BCUT2D eigenvalue weighted by Gasteiger charge is -2.23. The van der Waals surface area contributed by atoms with Crippen molar-refractivity contribution in [3.8, 4) is 0 Å². The zero-order valence-electron chi connectivity index (χ0n) is 14.7. The summed E-state index contributed by atoms with van der Waals surface area (Å²) in [4.78, 5) is 21.4. The molecule has 4 heterocycles. The number of piperidine rings is 1. The maximum Gasteiger partial charge on any atom is 0.274 e. The first-order valence-electron chi connectivity index (χ1n) is 9.01. The number of aromatic nitrogens is 3. The maximum atomic E-state index is 12.8. The number of halogens is 1. The van der Waals surface area contributed by atoms with E-state index in [1.165, 1.54) is 0 Å². The molecule has 0 radical (unpaired) electrons. The van der Waals surface area contributed by atoms with Crippen LogP contribution in [-0.4, -0.2) is 64.8 Å². The Morgan fingerprint density at radius 3 is 2.92 bits per heavy atom. The molecule has 2 aromatic heterocycles. The third-order valence-electron chi connectivity index (χ3n) is 4.95. The highest BCUT2D eigenvalue weighted by atomic mass is 35.5. The summed E-state index contributed by atoms with van der Waals surface area (Å²) in [5.74, 6) is 0.0449. The second-order valence-electron chi connectivity index (χ2n) is 6.63. The van der Waals surface area contributed by atoms with Gasteiger partial charge in [-0.05, 0) is 31.9 Å². The molecule has 0 aliphatic carbocycles. The van der Waals surface area contributed by atoms with Crippen LogP contribution in [0.15, 0.2) is 23.8 Å². The predicted molar refractivity (Wildman–Crippen MR) is 105 cm³/mol. The summed E-state index contributed by atoms with van der Waals surface area (Å²) in [6.07, 6.45) is 7.02. The summed E-state index contributed by atoms with van der Waals surface area (Å²) in [5, 5.41) is 11.0. The quantitative estimate of drug-likeness (QED) is 0.859. The minimum atomic E-state index is 0. The Balaban J connectivity index is 0.00000196. The van der Waals surface area contributed by atoms with Gasteiger partial charge in [0.1, 0.15) is 5.69 Å². The molecule has 1 N–H and O–H groups in total. The molecule has 0 saturated carbocycles. The van der Waals surface area contributed by atoms with Crippen LogP contribution in [0.5, 0.6) is 0 Å². The minimum absolute atomic E-state index is 0. The van der Waals surface area contributed by atoms with Gasteiger partial charge in [-0.3, -0.25) is 9.48 Å². The number of rotatable bonds is 3. The van der Waals surface area contributed by atoms with Crippen molar-refractivity contribution >= 4 is 34.8 Å². The molecule has 4 rings (SSSR count). The molecule has 0 spiro atoms. The standard InChI is InChI=1S/C17H24N6OS.ClH/c24-16(15-4-9-23(20-15)14-3-1-5-18-13-14)21-7-2-8-22(11-10-21)17-19-6-12-25-17;/h4,6,9,12,14,18H,1-3,5,7-8,10-11,13H2;1H. The van der Waals surface area contributed by atoms with Gasteiger partial charge in [-0.2, -0.15) is 5.10 Å². The molecule has 2 aliphatic rings. The molecule has 2 fully saturated rings. The van der Waals surface area contributed by atoms with Crippen LogP contribution in [0.2, 0.25) is 0 Å². The predicted octanol–water partition coefficient (Wildman–Crippen LogP) is 2.04. The molecule has 9 heteroatoms. The van der Waals surface area contributed by atoms with Crippen molar-refractivity contribution in [2.24, 2.45) is 0 Å². The van der Waals surface area contributed by atoms with Crippen LogP contribution in [0.4, 0.5) is 5.13 Å². The largest absolute Gasteiger partial charge is 0.346 e. The lowest BCUT2D eigenvalue weighted by Crippen LogP contribution is -2.36. The van der Waals surface area contributed by atoms with Crippen molar-refractivity contribution in [2.45, 2.75) is 25.3 Å². The number of nitrogens with zero attached hydrogens (tertiary/aromatic N) is 5. The molecule has 2 saturated heterocycles. The van der Waals surface area contributed by atoms with Gasteiger partial charge in [0.25, 0.3) is 5.91 Å². The van der Waals surface area contributed by atoms with Gasteiger partial charge < -0.3 is 15.1 Å². The molecular weight excluding hydrogens is 372 g/mol. The van der Waals surface area contributed by atoms with Gasteiger partial charge in [0.15, 0.2) is 5.13 Å². The van der Waals surface area contributed by atoms with E-state index in [0.717, 1.165) is 63.7 Å². The van der Waals surface area contributed by atoms with Crippen molar-refractivity contribution < 1.29 is 4.79 Å². The fourth-order valence-electron chi connectivity index (χ4n) is 3.56. The molecule has 1 unspecified atom stereocenters. The second-order valence-corrected chi connectivity index (χ2v) is 7.50. The number of anilines is 1. The van der Waals surface area contributed by atoms with Crippen LogP contribution in [-0.2, 0) is 0 Å². The fraction of sp³-hybridized carbons (Fsp3) is 0.588. The first-order chi connectivity index (χ1) is 12.3. The third-order valence-corrected chi connectivity index (χ3v) is 5.78. The number of thiazole rings is 1. The van der Waals surface area contributed by atoms with Gasteiger partial charge >= 0.3 is 0 Å². The molecule has 0 bridgehead atoms. The molecule has 7 nitrogen and oxygen atoms in total. The summed E-state index contributed by atoms with van der Waals surface area (Å²) in [5.41, 5.74) is 0.563. The van der Waals surface area contributed by atoms with Crippen molar-refractivity contribution in [3.63, 3.8) is 0 Å². The first-order valence-corrected chi connectivity index (χ1v) is 9.89. The normalized spacial score (nSPS) is 21.2. The number of amides is 1. The summed E-state index contributed by atoms with van der Waals surface area (Å²) in [7, 11) is 0. The van der Waals surface area contributed by atoms with Crippen molar-refractivity contribution in [1.82, 2.24) is 25.0 Å². The van der Waals surface area contributed by atoms with E-state index in [1.54, 1.807) is 11.3 Å². The monoisotopic (exact) mass is 396 g/mol. The van der Waals surface area contributed by atoms with Crippen LogP contribution in [0, 0.1) is 0 Å². The van der Waals surface area contributed by atoms with Crippen molar-refractivity contribution in [1.29, 1.82) is 0 Å². The summed E-state index contributed by atoms with van der Waals surface area (Å²) in [6.45, 7) is 5.27. The second kappa shape index (κ2) is 8.83. The number of nitrogens with one attached hydrogen (secondary N) is 1. The van der Waals surface area contributed by atoms with Crippen LogP contribution < -0.4 is 10.2 Å². The first kappa shape index (κ1) is 19.1. The van der Waals surface area contributed by atoms with Gasteiger partial charge in [0, 0.05) is 50.5 Å². The molecule has 0 aromatic carbocycles. The number of carbonyl (C=O) groups excluding carboxylic acids is 1. The maximum absolute atomic E-state index is 12.8. The summed E-state index contributed by atoms with van der Waals surface area (Å²) < 4.78 is 1.96. The van der Waals surface area contributed by atoms with E-state index in [4.69, 9.17) is 0 Å². The van der Waals surface area contributed by atoms with Crippen LogP contribution >= 0.6 is 23.7 Å². The van der Waals surface area contributed by atoms with E-state index in [1.807, 2.05) is 33.4 Å². The van der Waals surface area contributed by atoms with Gasteiger partial charge in [-0.15, -0.1) is 23.7 Å². The Morgan fingerprint density at radius 2 is 2.15 bits per heavy atom. The fourth-order valence-corrected chi connectivity index (χ4v) is 4.26. The topological polar surface area (TPSA) is 66.3 Å². The highest BCUT2D eigenvalue weighted by Crippen LogP contribution is 2.20. The summed E-state index contributed by atoms with van der Waals surface area (Å²) >= 11 is 1.65. The van der Waals surface area contributed by atoms with E-state index >= 15 is 0 Å². The van der Waals surface area contributed by atoms with E-state index in [-0.39, 0.29) is 18.3 Å². The van der Waals surface area contributed by atoms with E-state index in [9.17, 15) is 4.79 Å². The van der Waals surface area contributed by atoms with E-state index in [0.29, 0.717) is 11.7 Å². The van der Waals surface area contributed by atoms with Gasteiger partial charge in [0.05, 0.1) is 6.04 Å². The third kappa shape index (κ3) is 4.19. The zero-order chi connectivity index (χ0) is 17.1. The Kier molecular flexibility index (Phi) is 6.50. The molecule has 2 aliphatic heterocycles. The number of hydrogen-bond donors (Lipinski definition) is 1. The summed E-state index contributed by atoms with van der Waals surface area (Å²) in [6, 6.07) is 2.22. The van der Waals surface area contributed by atoms with Crippen molar-refractivity contribution in [2.75, 3.05) is 44.2 Å². The minimum Gasteiger partial charge on any atom is -0.346 e. The molecule has 142 valence electrons. The van der Waals surface area contributed by atoms with Gasteiger partial charge in [0.2, 0.25) is 0 Å². The van der Waals surface area contributed by atoms with Crippen LogP contribution in [0.3, 0.4) is 0 Å². The highest BCUT2D eigenvalue weighted by Gasteiger charge is 2.24. The van der Waals surface area contributed by atoms with E-state index in [2.05, 4.69) is 20.3 Å². The van der Waals surface area contributed by atoms with Crippen LogP contribution in [0.25, 0.3) is 0 Å². The number of carbonyl (C=O) groups is 1. The average molecular weight is 397 g/mol. The number of hydrogen-bond acceptors (Lipinski definition) is 6. The molecular formula is C17H25ClN6OS. The van der Waals surface area contributed by atoms with Gasteiger partial charge in [-0.25, -0.2) is 4.98 Å². The Hall–Kier alpha value is -1.64. The highest BCUT2D eigenvalue weighted by molar-refractivity contribution is 7.13. The Bertz CT molecular complexity index is 700. The lowest BCUT2D eigenvalue weighted by atomic mass is 10.1. The smallest absolute Gasteiger partial charge is 0.274 e. The van der Waals surface area contributed by atoms with E-state index < -0.39 is 0 Å². The Morgan fingerprint density at radius 1 is 1.23 bits per heavy atom. The molecule has 26 heavy (non-hydrogen) atoms. The average Bonchev–Trinajstić information content (AvgIpc) is 3.30. The zero-order valence-corrected chi connectivity index (χ0v) is 16.3. The molecule has 1 amide bonds. The van der Waals surface area contributed by atoms with Crippen molar-refractivity contribution in [3.05, 3.63) is 29.5 Å². The lowest BCUT2D eigenvalue weighted by molar-refractivity contribution is 0.0759. The van der Waals surface area contributed by atoms with Gasteiger partial charge in [-0.1, -0.05) is 0 Å².